The first kappa shape index (κ1) is 14.8. The van der Waals surface area contributed by atoms with Crippen LogP contribution in [0.25, 0.3) is 0 Å². The van der Waals surface area contributed by atoms with E-state index in [0.29, 0.717) is 27.8 Å². The van der Waals surface area contributed by atoms with E-state index < -0.39 is 17.8 Å². The van der Waals surface area contributed by atoms with Gasteiger partial charge >= 0.3 is 0 Å². The summed E-state index contributed by atoms with van der Waals surface area (Å²) in [6.07, 6.45) is 0.289. The topological polar surface area (TPSA) is 75.8 Å². The predicted octanol–water partition coefficient (Wildman–Crippen LogP) is 2.88. The molecule has 1 atom stereocenters. The van der Waals surface area contributed by atoms with Crippen LogP contribution in [-0.2, 0) is 11.2 Å². The molecule has 22 heavy (non-hydrogen) atoms. The van der Waals surface area contributed by atoms with E-state index in [9.17, 15) is 14.4 Å². The van der Waals surface area contributed by atoms with Crippen molar-refractivity contribution in [1.29, 1.82) is 0 Å². The van der Waals surface area contributed by atoms with Crippen molar-refractivity contribution in [3.63, 3.8) is 0 Å². The molecule has 0 saturated heterocycles. The highest BCUT2D eigenvalue weighted by Crippen LogP contribution is 2.32. The number of benzene rings is 2. The first-order valence-electron chi connectivity index (χ1n) is 6.50. The Kier molecular flexibility index (Phi) is 3.74. The fourth-order valence-corrected chi connectivity index (χ4v) is 2.39. The molecule has 0 aromatic heterocycles. The van der Waals surface area contributed by atoms with Gasteiger partial charge in [0.1, 0.15) is 17.3 Å². The van der Waals surface area contributed by atoms with Crippen LogP contribution in [0.4, 0.5) is 10.1 Å². The van der Waals surface area contributed by atoms with Gasteiger partial charge in [-0.2, -0.15) is 5.06 Å². The lowest BCUT2D eigenvalue weighted by Gasteiger charge is -2.27. The van der Waals surface area contributed by atoms with Crippen LogP contribution in [0.15, 0.2) is 36.4 Å². The van der Waals surface area contributed by atoms with Crippen molar-refractivity contribution in [2.24, 2.45) is 5.73 Å². The van der Waals surface area contributed by atoms with Gasteiger partial charge in [-0.15, -0.1) is 0 Å². The first-order chi connectivity index (χ1) is 10.5. The number of amides is 1. The largest absolute Gasteiger partial charge is 0.457 e. The number of hydrogen-bond donors (Lipinski definition) is 2. The molecule has 2 aromatic carbocycles. The maximum absolute atomic E-state index is 13.4. The Labute approximate surface area is 130 Å². The number of nitrogens with two attached hydrogens (primary N) is 1. The van der Waals surface area contributed by atoms with Crippen LogP contribution in [0, 0.1) is 5.82 Å². The average Bonchev–Trinajstić information content (AvgIpc) is 2.49. The van der Waals surface area contributed by atoms with Crippen molar-refractivity contribution in [3.05, 3.63) is 52.8 Å². The fraction of sp³-hybridized carbons (Fsp3) is 0.133. The second-order valence-corrected chi connectivity index (χ2v) is 5.34. The van der Waals surface area contributed by atoms with E-state index in [-0.39, 0.29) is 11.4 Å². The molecule has 1 amide bonds. The van der Waals surface area contributed by atoms with Crippen LogP contribution in [0.1, 0.15) is 5.56 Å². The average molecular weight is 323 g/mol. The van der Waals surface area contributed by atoms with Gasteiger partial charge in [-0.1, -0.05) is 11.6 Å². The zero-order chi connectivity index (χ0) is 15.9. The van der Waals surface area contributed by atoms with Gasteiger partial charge in [0, 0.05) is 6.07 Å². The summed E-state index contributed by atoms with van der Waals surface area (Å²) in [4.78, 5) is 11.6. The maximum atomic E-state index is 13.4. The number of anilines is 1. The highest BCUT2D eigenvalue weighted by Gasteiger charge is 2.29. The predicted molar refractivity (Wildman–Crippen MR) is 78.9 cm³/mol. The summed E-state index contributed by atoms with van der Waals surface area (Å²) in [5, 5.41) is 10.3. The lowest BCUT2D eigenvalue weighted by molar-refractivity contribution is -0.125. The number of carbonyl (C=O) groups excluding carboxylic acids is 1. The first-order valence-corrected chi connectivity index (χ1v) is 6.88. The molecule has 2 aromatic rings. The Bertz CT molecular complexity index is 754. The van der Waals surface area contributed by atoms with Crippen molar-refractivity contribution in [2.45, 2.75) is 12.5 Å². The van der Waals surface area contributed by atoms with Crippen LogP contribution in [0.3, 0.4) is 0 Å². The number of halogens is 2. The molecule has 5 nitrogen and oxygen atoms in total. The van der Waals surface area contributed by atoms with Gasteiger partial charge in [0.2, 0.25) is 0 Å². The van der Waals surface area contributed by atoms with Gasteiger partial charge in [-0.3, -0.25) is 10.0 Å². The van der Waals surface area contributed by atoms with E-state index in [1.165, 1.54) is 12.1 Å². The summed E-state index contributed by atoms with van der Waals surface area (Å²) in [6, 6.07) is 8.07. The molecule has 0 bridgehead atoms. The van der Waals surface area contributed by atoms with Gasteiger partial charge in [-0.25, -0.2) is 4.39 Å². The number of fused-ring (bicyclic) bond motifs is 1. The standard InChI is InChI=1S/C15H12ClFN2O3/c16-11-3-1-10(7-12(11)17)22-9-2-4-14-8(5-9)6-13(18)15(20)19(14)21/h1-5,7,13,21H,6,18H2/t13-/m0/s1. The van der Waals surface area contributed by atoms with E-state index >= 15 is 0 Å². The van der Waals surface area contributed by atoms with Crippen molar-refractivity contribution < 1.29 is 19.1 Å². The Morgan fingerprint density at radius 1 is 1.27 bits per heavy atom. The summed E-state index contributed by atoms with van der Waals surface area (Å²) >= 11 is 5.61. The molecule has 0 aliphatic carbocycles. The molecule has 1 aliphatic rings. The monoisotopic (exact) mass is 322 g/mol. The van der Waals surface area contributed by atoms with Crippen molar-refractivity contribution in [2.75, 3.05) is 5.06 Å². The number of rotatable bonds is 2. The highest BCUT2D eigenvalue weighted by molar-refractivity contribution is 6.30. The van der Waals surface area contributed by atoms with Gasteiger partial charge in [0.25, 0.3) is 5.91 Å². The van der Waals surface area contributed by atoms with Gasteiger partial charge in [-0.05, 0) is 42.3 Å². The molecule has 0 fully saturated rings. The molecular formula is C15H12ClFN2O3. The summed E-state index contributed by atoms with van der Waals surface area (Å²) < 4.78 is 18.9. The number of ether oxygens (including phenoxy) is 1. The number of carbonyl (C=O) groups is 1. The Morgan fingerprint density at radius 3 is 2.68 bits per heavy atom. The zero-order valence-corrected chi connectivity index (χ0v) is 12.0. The zero-order valence-electron chi connectivity index (χ0n) is 11.3. The maximum Gasteiger partial charge on any atom is 0.267 e. The summed E-state index contributed by atoms with van der Waals surface area (Å²) in [5.41, 5.74) is 6.70. The smallest absolute Gasteiger partial charge is 0.267 e. The van der Waals surface area contributed by atoms with Gasteiger partial charge < -0.3 is 10.5 Å². The van der Waals surface area contributed by atoms with Crippen molar-refractivity contribution in [3.8, 4) is 11.5 Å². The lowest BCUT2D eigenvalue weighted by atomic mass is 9.99. The second kappa shape index (κ2) is 5.57. The molecule has 0 saturated carbocycles. The van der Waals surface area contributed by atoms with Crippen LogP contribution in [-0.4, -0.2) is 17.2 Å². The molecular weight excluding hydrogens is 311 g/mol. The fourth-order valence-electron chi connectivity index (χ4n) is 2.27. The Balaban J connectivity index is 1.89. The Hall–Kier alpha value is -2.15. The number of nitrogens with zero attached hydrogens (tertiary/aromatic N) is 1. The Morgan fingerprint density at radius 2 is 1.95 bits per heavy atom. The van der Waals surface area contributed by atoms with E-state index in [1.54, 1.807) is 24.3 Å². The van der Waals surface area contributed by atoms with Gasteiger partial charge in [0.15, 0.2) is 0 Å². The molecule has 0 radical (unpaired) electrons. The normalized spacial score (nSPS) is 17.4. The minimum absolute atomic E-state index is 0.0122. The third kappa shape index (κ3) is 2.64. The third-order valence-electron chi connectivity index (χ3n) is 3.37. The molecule has 3 N–H and O–H groups in total. The number of hydrogen-bond acceptors (Lipinski definition) is 4. The van der Waals surface area contributed by atoms with Crippen molar-refractivity contribution >= 4 is 23.2 Å². The van der Waals surface area contributed by atoms with E-state index in [0.717, 1.165) is 0 Å². The van der Waals surface area contributed by atoms with Crippen LogP contribution in [0.2, 0.25) is 5.02 Å². The minimum atomic E-state index is -0.805. The lowest BCUT2D eigenvalue weighted by Crippen LogP contribution is -2.47. The summed E-state index contributed by atoms with van der Waals surface area (Å²) in [5.74, 6) is -0.401. The van der Waals surface area contributed by atoms with E-state index in [4.69, 9.17) is 22.1 Å². The van der Waals surface area contributed by atoms with Crippen LogP contribution < -0.4 is 15.5 Å². The van der Waals surface area contributed by atoms with E-state index in [1.807, 2.05) is 0 Å². The SMILES string of the molecule is N[C@H]1Cc2cc(Oc3ccc(Cl)c(F)c3)ccc2N(O)C1=O. The van der Waals surface area contributed by atoms with Crippen LogP contribution in [0.5, 0.6) is 11.5 Å². The van der Waals surface area contributed by atoms with E-state index in [2.05, 4.69) is 0 Å². The molecule has 7 heteroatoms. The van der Waals surface area contributed by atoms with Crippen molar-refractivity contribution in [1.82, 2.24) is 0 Å². The molecule has 0 unspecified atom stereocenters. The highest BCUT2D eigenvalue weighted by atomic mass is 35.5. The third-order valence-corrected chi connectivity index (χ3v) is 3.68. The summed E-state index contributed by atoms with van der Waals surface area (Å²) in [6.45, 7) is 0. The molecule has 0 spiro atoms. The minimum Gasteiger partial charge on any atom is -0.457 e. The molecule has 114 valence electrons. The quantitative estimate of drug-likeness (QED) is 0.834. The molecule has 1 aliphatic heterocycles. The van der Waals surface area contributed by atoms with Gasteiger partial charge in [0.05, 0.1) is 16.8 Å². The molecule has 1 heterocycles. The molecule has 3 rings (SSSR count). The van der Waals surface area contributed by atoms with Crippen LogP contribution >= 0.6 is 11.6 Å². The summed E-state index contributed by atoms with van der Waals surface area (Å²) in [7, 11) is 0. The second-order valence-electron chi connectivity index (χ2n) is 4.93. The number of hydroxylamine groups is 1.